The minimum absolute atomic E-state index is 0.259. The zero-order chi connectivity index (χ0) is 23.7. The Bertz CT molecular complexity index is 979. The number of aryl methyl sites for hydroxylation is 1. The number of fused-ring (bicyclic) bond motifs is 1. The number of nitrogens with zero attached hydrogens (tertiary/aromatic N) is 4. The number of thiazole rings is 1. The molecule has 1 saturated heterocycles. The summed E-state index contributed by atoms with van der Waals surface area (Å²) in [6.07, 6.45) is 5.70. The van der Waals surface area contributed by atoms with Crippen LogP contribution in [-0.4, -0.2) is 53.4 Å². The van der Waals surface area contributed by atoms with Gasteiger partial charge in [0.25, 0.3) is 0 Å². The molecule has 0 bridgehead atoms. The molecule has 3 aliphatic rings. The Morgan fingerprint density at radius 3 is 2.71 bits per heavy atom. The molecule has 1 saturated carbocycles. The van der Waals surface area contributed by atoms with Gasteiger partial charge < -0.3 is 9.42 Å². The van der Waals surface area contributed by atoms with E-state index >= 15 is 0 Å². The highest BCUT2D eigenvalue weighted by Crippen LogP contribution is 2.36. The third-order valence-electron chi connectivity index (χ3n) is 7.72. The molecule has 2 fully saturated rings. The first-order chi connectivity index (χ1) is 16.4. The van der Waals surface area contributed by atoms with Crippen LogP contribution in [0.25, 0.3) is 0 Å². The van der Waals surface area contributed by atoms with Crippen molar-refractivity contribution in [3.8, 4) is 0 Å². The minimum Gasteiger partial charge on any atom is -0.361 e. The molecule has 186 valence electrons. The zero-order valence-electron chi connectivity index (χ0n) is 19.8. The summed E-state index contributed by atoms with van der Waals surface area (Å²) in [5.41, 5.74) is 1.97. The van der Waals surface area contributed by atoms with Crippen LogP contribution >= 0.6 is 11.3 Å². The van der Waals surface area contributed by atoms with Gasteiger partial charge in [-0.1, -0.05) is 18.0 Å². The summed E-state index contributed by atoms with van der Waals surface area (Å²) in [6, 6.07) is 1.85. The Hall–Kier alpha value is -1.87. The van der Waals surface area contributed by atoms with Crippen molar-refractivity contribution < 1.29 is 18.1 Å². The van der Waals surface area contributed by atoms with Crippen molar-refractivity contribution in [2.45, 2.75) is 71.3 Å². The number of halogens is 2. The average molecular weight is 493 g/mol. The molecule has 0 atom stereocenters. The number of aromatic nitrogens is 2. The number of hydrogen-bond donors (Lipinski definition) is 0. The molecular formula is C25H34F2N4O2S. The van der Waals surface area contributed by atoms with Crippen molar-refractivity contribution >= 4 is 22.3 Å². The Morgan fingerprint density at radius 1 is 1.24 bits per heavy atom. The summed E-state index contributed by atoms with van der Waals surface area (Å²) in [6.45, 7) is 5.75. The molecule has 0 spiro atoms. The fraction of sp³-hybridized carbons (Fsp3) is 0.720. The van der Waals surface area contributed by atoms with Crippen LogP contribution in [0, 0.1) is 24.7 Å². The first kappa shape index (κ1) is 23.9. The molecule has 0 unspecified atom stereocenters. The molecule has 2 aromatic rings. The molecule has 2 aromatic heterocycles. The first-order valence-corrected chi connectivity index (χ1v) is 13.4. The molecule has 4 heterocycles. The van der Waals surface area contributed by atoms with Gasteiger partial charge in [-0.05, 0) is 51.0 Å². The van der Waals surface area contributed by atoms with E-state index in [9.17, 15) is 13.6 Å². The van der Waals surface area contributed by atoms with Crippen molar-refractivity contribution in [1.82, 2.24) is 15.0 Å². The molecule has 5 rings (SSSR count). The van der Waals surface area contributed by atoms with E-state index in [4.69, 9.17) is 9.51 Å². The molecule has 2 aliphatic heterocycles. The largest absolute Gasteiger partial charge is 0.361 e. The van der Waals surface area contributed by atoms with Crippen molar-refractivity contribution in [3.05, 3.63) is 28.1 Å². The van der Waals surface area contributed by atoms with Gasteiger partial charge in [-0.15, -0.1) is 11.3 Å². The topological polar surface area (TPSA) is 62.5 Å². The van der Waals surface area contributed by atoms with Gasteiger partial charge in [0.05, 0.1) is 23.7 Å². The van der Waals surface area contributed by atoms with Gasteiger partial charge in [-0.25, -0.2) is 13.8 Å². The normalized spacial score (nSPS) is 23.8. The maximum Gasteiger partial charge on any atom is 0.244 e. The maximum atomic E-state index is 12.8. The highest BCUT2D eigenvalue weighted by molar-refractivity contribution is 7.15. The number of rotatable bonds is 9. The van der Waals surface area contributed by atoms with E-state index in [1.54, 1.807) is 11.3 Å². The molecule has 1 aliphatic carbocycles. The van der Waals surface area contributed by atoms with Crippen LogP contribution in [0.2, 0.25) is 0 Å². The minimum atomic E-state index is -2.22. The molecule has 9 heteroatoms. The number of Topliss-reactive ketones (excluding diaryl/α,β-unsaturated/α-hetero) is 1. The van der Waals surface area contributed by atoms with Crippen molar-refractivity contribution in [3.63, 3.8) is 0 Å². The van der Waals surface area contributed by atoms with Crippen molar-refractivity contribution in [2.75, 3.05) is 31.1 Å². The maximum absolute atomic E-state index is 12.8. The van der Waals surface area contributed by atoms with Gasteiger partial charge in [0.2, 0.25) is 6.43 Å². The molecule has 0 amide bonds. The van der Waals surface area contributed by atoms with Crippen LogP contribution in [-0.2, 0) is 24.2 Å². The summed E-state index contributed by atoms with van der Waals surface area (Å²) in [5.74, 6) is 1.68. The zero-order valence-corrected chi connectivity index (χ0v) is 20.7. The lowest BCUT2D eigenvalue weighted by Crippen LogP contribution is -2.50. The van der Waals surface area contributed by atoms with E-state index in [0.717, 1.165) is 61.3 Å². The van der Waals surface area contributed by atoms with E-state index in [1.807, 2.05) is 17.9 Å². The highest BCUT2D eigenvalue weighted by Gasteiger charge is 2.36. The summed E-state index contributed by atoms with van der Waals surface area (Å²) < 4.78 is 30.7. The third kappa shape index (κ3) is 5.67. The van der Waals surface area contributed by atoms with Gasteiger partial charge >= 0.3 is 0 Å². The van der Waals surface area contributed by atoms with Gasteiger partial charge in [0.15, 0.2) is 5.13 Å². The molecule has 34 heavy (non-hydrogen) atoms. The highest BCUT2D eigenvalue weighted by atomic mass is 32.1. The monoisotopic (exact) mass is 492 g/mol. The molecule has 0 radical (unpaired) electrons. The second-order valence-electron chi connectivity index (χ2n) is 10.4. The molecule has 6 nitrogen and oxygen atoms in total. The summed E-state index contributed by atoms with van der Waals surface area (Å²) in [5, 5.41) is 4.79. The Balaban J connectivity index is 1.01. The number of carbonyl (C=O) groups excluding carboxylic acids is 1. The second kappa shape index (κ2) is 10.4. The first-order valence-electron chi connectivity index (χ1n) is 12.6. The van der Waals surface area contributed by atoms with Gasteiger partial charge in [0.1, 0.15) is 11.5 Å². The van der Waals surface area contributed by atoms with Crippen LogP contribution in [0.15, 0.2) is 10.6 Å². The van der Waals surface area contributed by atoms with Gasteiger partial charge in [-0.3, -0.25) is 9.69 Å². The van der Waals surface area contributed by atoms with Crippen molar-refractivity contribution in [1.29, 1.82) is 0 Å². The Kier molecular flexibility index (Phi) is 7.30. The molecular weight excluding hydrogens is 458 g/mol. The molecule has 0 N–H and O–H groups in total. The smallest absolute Gasteiger partial charge is 0.244 e. The fourth-order valence-electron chi connectivity index (χ4n) is 5.57. The number of anilines is 1. The summed E-state index contributed by atoms with van der Waals surface area (Å²) >= 11 is 1.69. The quantitative estimate of drug-likeness (QED) is 0.496. The average Bonchev–Trinajstić information content (AvgIpc) is 3.37. The fourth-order valence-corrected chi connectivity index (χ4v) is 6.65. The van der Waals surface area contributed by atoms with Crippen LogP contribution in [0.5, 0.6) is 0 Å². The number of carbonyl (C=O) groups is 1. The van der Waals surface area contributed by atoms with E-state index in [2.05, 4.69) is 10.1 Å². The number of alkyl halides is 2. The lowest BCUT2D eigenvalue weighted by molar-refractivity contribution is -0.119. The van der Waals surface area contributed by atoms with Crippen molar-refractivity contribution in [2.24, 2.45) is 17.8 Å². The van der Waals surface area contributed by atoms with Gasteiger partial charge in [-0.2, -0.15) is 0 Å². The van der Waals surface area contributed by atoms with E-state index in [-0.39, 0.29) is 5.78 Å². The van der Waals surface area contributed by atoms with Crippen LogP contribution in [0.4, 0.5) is 13.9 Å². The lowest BCUT2D eigenvalue weighted by Gasteiger charge is -2.38. The Labute approximate surface area is 203 Å². The third-order valence-corrected chi connectivity index (χ3v) is 8.93. The summed E-state index contributed by atoms with van der Waals surface area (Å²) in [7, 11) is 0. The van der Waals surface area contributed by atoms with E-state index in [1.165, 1.54) is 24.1 Å². The SMILES string of the molecule is Cc1cc(CC(=O)CC2CCC(CCN3CCc4sc(N5CC(C(F)F)C5)nc4C3)CC2)on1. The predicted octanol–water partition coefficient (Wildman–Crippen LogP) is 4.90. The van der Waals surface area contributed by atoms with Crippen LogP contribution in [0.1, 0.15) is 60.6 Å². The summed E-state index contributed by atoms with van der Waals surface area (Å²) in [4.78, 5) is 23.0. The second-order valence-corrected chi connectivity index (χ2v) is 11.5. The van der Waals surface area contributed by atoms with Crippen LogP contribution in [0.3, 0.4) is 0 Å². The van der Waals surface area contributed by atoms with E-state index in [0.29, 0.717) is 37.6 Å². The predicted molar refractivity (Wildman–Crippen MR) is 127 cm³/mol. The lowest BCUT2D eigenvalue weighted by atomic mass is 9.78. The molecule has 0 aromatic carbocycles. The van der Waals surface area contributed by atoms with Gasteiger partial charge in [0, 0.05) is 43.5 Å². The number of ketones is 1. The van der Waals surface area contributed by atoms with Crippen LogP contribution < -0.4 is 4.90 Å². The number of hydrogen-bond acceptors (Lipinski definition) is 7. The Morgan fingerprint density at radius 2 is 2.00 bits per heavy atom. The standard InChI is InChI=1S/C25H34F2N4O2S/c1-16-10-21(33-29-16)12-20(32)11-18-4-2-17(3-5-18)6-8-30-9-7-23-22(15-30)28-25(34-23)31-13-19(14-31)24(26)27/h10,17-19,24H,2-9,11-15H2,1H3. The van der Waals surface area contributed by atoms with E-state index < -0.39 is 12.3 Å².